The molecule has 2 heterocycles. The molecule has 27 heavy (non-hydrogen) atoms. The van der Waals surface area contributed by atoms with Crippen LogP contribution in [0.1, 0.15) is 23.2 Å². The van der Waals surface area contributed by atoms with Gasteiger partial charge in [-0.3, -0.25) is 9.78 Å². The molecular weight excluding hydrogens is 357 g/mol. The number of hydrogen-bond donors (Lipinski definition) is 1. The monoisotopic (exact) mass is 377 g/mol. The van der Waals surface area contributed by atoms with E-state index in [-0.39, 0.29) is 11.9 Å². The van der Waals surface area contributed by atoms with Gasteiger partial charge in [0.2, 0.25) is 0 Å². The number of aromatic nitrogens is 1. The van der Waals surface area contributed by atoms with Crippen LogP contribution in [0.4, 0.5) is 5.69 Å². The first-order chi connectivity index (χ1) is 13.1. The number of nitrogens with zero attached hydrogens (tertiary/aromatic N) is 2. The fourth-order valence-electron chi connectivity index (χ4n) is 3.74. The molecular formula is C21H21BClN3O. The van der Waals surface area contributed by atoms with E-state index in [1.807, 2.05) is 56.5 Å². The molecule has 1 aromatic heterocycles. The van der Waals surface area contributed by atoms with Gasteiger partial charge in [0.25, 0.3) is 5.91 Å². The molecule has 2 aromatic carbocycles. The average Bonchev–Trinajstić information content (AvgIpc) is 2.68. The van der Waals surface area contributed by atoms with Crippen molar-refractivity contribution in [1.82, 2.24) is 10.3 Å². The minimum atomic E-state index is 0.0237. The third-order valence-corrected chi connectivity index (χ3v) is 5.48. The van der Waals surface area contributed by atoms with Gasteiger partial charge < -0.3 is 10.2 Å². The van der Waals surface area contributed by atoms with Crippen molar-refractivity contribution >= 4 is 47.4 Å². The number of rotatable bonds is 3. The zero-order valence-electron chi connectivity index (χ0n) is 15.3. The molecule has 0 radical (unpaired) electrons. The SMILES string of the molecule is Bc1ccccc1C(=O)NC1CCN(c2ccnc3cc(Cl)ccc23)CC1. The second kappa shape index (κ2) is 7.61. The van der Waals surface area contributed by atoms with Gasteiger partial charge in [0.1, 0.15) is 7.85 Å². The van der Waals surface area contributed by atoms with Crippen LogP contribution in [0.2, 0.25) is 5.02 Å². The lowest BCUT2D eigenvalue weighted by atomic mass is 9.90. The molecule has 1 aliphatic heterocycles. The molecule has 0 unspecified atom stereocenters. The molecule has 1 saturated heterocycles. The van der Waals surface area contributed by atoms with Crippen LogP contribution < -0.4 is 15.7 Å². The van der Waals surface area contributed by atoms with Crippen LogP contribution in [0.3, 0.4) is 0 Å². The lowest BCUT2D eigenvalue weighted by Crippen LogP contribution is -2.45. The zero-order valence-corrected chi connectivity index (χ0v) is 16.0. The van der Waals surface area contributed by atoms with Crippen molar-refractivity contribution in [1.29, 1.82) is 0 Å². The summed E-state index contributed by atoms with van der Waals surface area (Å²) in [6.45, 7) is 1.81. The highest BCUT2D eigenvalue weighted by Gasteiger charge is 2.22. The molecule has 4 nitrogen and oxygen atoms in total. The number of halogens is 1. The van der Waals surface area contributed by atoms with Gasteiger partial charge >= 0.3 is 0 Å². The number of nitrogens with one attached hydrogen (secondary N) is 1. The number of carbonyl (C=O) groups excluding carboxylic acids is 1. The molecule has 136 valence electrons. The molecule has 3 aromatic rings. The molecule has 0 spiro atoms. The van der Waals surface area contributed by atoms with Gasteiger partial charge in [0, 0.05) is 47.0 Å². The molecule has 0 bridgehead atoms. The van der Waals surface area contributed by atoms with Crippen LogP contribution in [0.25, 0.3) is 10.9 Å². The molecule has 0 atom stereocenters. The molecule has 1 amide bonds. The largest absolute Gasteiger partial charge is 0.371 e. The first-order valence-corrected chi connectivity index (χ1v) is 9.65. The number of hydrogen-bond acceptors (Lipinski definition) is 3. The van der Waals surface area contributed by atoms with Gasteiger partial charge in [-0.1, -0.05) is 41.3 Å². The second-order valence-corrected chi connectivity index (χ2v) is 7.48. The maximum absolute atomic E-state index is 12.5. The standard InChI is InChI=1S/C21H21BClN3O/c22-18-4-2-1-3-16(18)21(27)25-15-8-11-26(12-9-15)20-7-10-24-19-13-14(23)5-6-17(19)20/h1-7,10,13,15H,8-9,11-12,22H2,(H,25,27). The fraction of sp³-hybridized carbons (Fsp3) is 0.238. The summed E-state index contributed by atoms with van der Waals surface area (Å²) in [5.41, 5.74) is 3.86. The molecule has 0 saturated carbocycles. The Hall–Kier alpha value is -2.53. The van der Waals surface area contributed by atoms with Gasteiger partial charge in [0.15, 0.2) is 0 Å². The highest BCUT2D eigenvalue weighted by Crippen LogP contribution is 2.29. The molecule has 1 fully saturated rings. The number of benzene rings is 2. The number of piperidine rings is 1. The van der Waals surface area contributed by atoms with E-state index in [4.69, 9.17) is 11.6 Å². The van der Waals surface area contributed by atoms with Crippen LogP contribution in [0.15, 0.2) is 54.7 Å². The summed E-state index contributed by atoms with van der Waals surface area (Å²) in [6.07, 6.45) is 3.68. The Morgan fingerprint density at radius 3 is 2.70 bits per heavy atom. The van der Waals surface area contributed by atoms with Crippen molar-refractivity contribution < 1.29 is 4.79 Å². The average molecular weight is 378 g/mol. The minimum absolute atomic E-state index is 0.0237. The summed E-state index contributed by atoms with van der Waals surface area (Å²) >= 11 is 6.09. The summed E-state index contributed by atoms with van der Waals surface area (Å²) in [7, 11) is 1.97. The summed E-state index contributed by atoms with van der Waals surface area (Å²) in [5, 5.41) is 5.01. The Kier molecular flexibility index (Phi) is 5.04. The van der Waals surface area contributed by atoms with Crippen molar-refractivity contribution in [2.75, 3.05) is 18.0 Å². The third-order valence-electron chi connectivity index (χ3n) is 5.24. The number of amides is 1. The van der Waals surface area contributed by atoms with Gasteiger partial charge in [0.05, 0.1) is 5.52 Å². The molecule has 6 heteroatoms. The smallest absolute Gasteiger partial charge is 0.250 e. The maximum Gasteiger partial charge on any atom is 0.250 e. The predicted molar refractivity (Wildman–Crippen MR) is 114 cm³/mol. The van der Waals surface area contributed by atoms with Crippen LogP contribution >= 0.6 is 11.6 Å². The van der Waals surface area contributed by atoms with E-state index in [0.29, 0.717) is 5.02 Å². The lowest BCUT2D eigenvalue weighted by Gasteiger charge is -2.34. The van der Waals surface area contributed by atoms with Crippen LogP contribution in [0.5, 0.6) is 0 Å². The highest BCUT2D eigenvalue weighted by molar-refractivity contribution is 6.36. The van der Waals surface area contributed by atoms with E-state index >= 15 is 0 Å². The van der Waals surface area contributed by atoms with Gasteiger partial charge in [-0.25, -0.2) is 0 Å². The quantitative estimate of drug-likeness (QED) is 0.714. The minimum Gasteiger partial charge on any atom is -0.371 e. The third kappa shape index (κ3) is 3.79. The highest BCUT2D eigenvalue weighted by atomic mass is 35.5. The number of pyridine rings is 1. The summed E-state index contributed by atoms with van der Waals surface area (Å²) in [4.78, 5) is 19.3. The maximum atomic E-state index is 12.5. The van der Waals surface area contributed by atoms with Crippen molar-refractivity contribution in [3.8, 4) is 0 Å². The van der Waals surface area contributed by atoms with E-state index in [1.165, 1.54) is 5.69 Å². The molecule has 1 N–H and O–H groups in total. The van der Waals surface area contributed by atoms with Crippen molar-refractivity contribution in [3.05, 3.63) is 65.3 Å². The summed E-state index contributed by atoms with van der Waals surface area (Å²) in [5.74, 6) is 0.0237. The summed E-state index contributed by atoms with van der Waals surface area (Å²) < 4.78 is 0. The second-order valence-electron chi connectivity index (χ2n) is 7.04. The molecule has 1 aliphatic rings. The normalized spacial score (nSPS) is 15.1. The van der Waals surface area contributed by atoms with Crippen LogP contribution in [-0.2, 0) is 0 Å². The van der Waals surface area contributed by atoms with Crippen LogP contribution in [-0.4, -0.2) is 37.9 Å². The number of anilines is 1. The Morgan fingerprint density at radius 2 is 1.93 bits per heavy atom. The van der Waals surface area contributed by atoms with Crippen molar-refractivity contribution in [2.24, 2.45) is 0 Å². The number of carbonyl (C=O) groups is 1. The Bertz CT molecular complexity index is 986. The van der Waals surface area contributed by atoms with Crippen LogP contribution in [0, 0.1) is 0 Å². The molecule has 4 rings (SSSR count). The van der Waals surface area contributed by atoms with Gasteiger partial charge in [-0.15, -0.1) is 0 Å². The zero-order chi connectivity index (χ0) is 18.8. The van der Waals surface area contributed by atoms with Gasteiger partial charge in [-0.05, 0) is 37.1 Å². The number of fused-ring (bicyclic) bond motifs is 1. The fourth-order valence-corrected chi connectivity index (χ4v) is 3.90. The van der Waals surface area contributed by atoms with E-state index in [1.54, 1.807) is 0 Å². The van der Waals surface area contributed by atoms with Crippen molar-refractivity contribution in [2.45, 2.75) is 18.9 Å². The van der Waals surface area contributed by atoms with E-state index in [0.717, 1.165) is 47.9 Å². The van der Waals surface area contributed by atoms with E-state index < -0.39 is 0 Å². The van der Waals surface area contributed by atoms with Crippen molar-refractivity contribution in [3.63, 3.8) is 0 Å². The lowest BCUT2D eigenvalue weighted by molar-refractivity contribution is 0.0932. The summed E-state index contributed by atoms with van der Waals surface area (Å²) in [6, 6.07) is 15.8. The Labute approximate surface area is 164 Å². The topological polar surface area (TPSA) is 45.2 Å². The Balaban J connectivity index is 1.44. The first-order valence-electron chi connectivity index (χ1n) is 9.27. The predicted octanol–water partition coefficient (Wildman–Crippen LogP) is 2.55. The van der Waals surface area contributed by atoms with E-state index in [2.05, 4.69) is 21.3 Å². The van der Waals surface area contributed by atoms with E-state index in [9.17, 15) is 4.79 Å². The Morgan fingerprint density at radius 1 is 1.15 bits per heavy atom. The van der Waals surface area contributed by atoms with Gasteiger partial charge in [-0.2, -0.15) is 0 Å². The molecule has 0 aliphatic carbocycles. The first kappa shape index (κ1) is 17.9.